The van der Waals surface area contributed by atoms with Gasteiger partial charge >= 0.3 is 12.0 Å². The number of amides is 2. The quantitative estimate of drug-likeness (QED) is 0.529. The summed E-state index contributed by atoms with van der Waals surface area (Å²) in [5.74, 6) is -0.313. The van der Waals surface area contributed by atoms with Crippen molar-refractivity contribution in [3.05, 3.63) is 0 Å². The van der Waals surface area contributed by atoms with E-state index in [0.29, 0.717) is 0 Å². The minimum absolute atomic E-state index is 0.0226. The van der Waals surface area contributed by atoms with Crippen LogP contribution in [-0.4, -0.2) is 52.4 Å². The Bertz CT molecular complexity index is 271. The molecule has 0 aliphatic rings. The van der Waals surface area contributed by atoms with E-state index < -0.39 is 24.0 Å². The highest BCUT2D eigenvalue weighted by molar-refractivity contribution is 7.98. The van der Waals surface area contributed by atoms with Gasteiger partial charge in [0.15, 0.2) is 0 Å². The van der Waals surface area contributed by atoms with Crippen molar-refractivity contribution in [2.75, 3.05) is 18.6 Å². The molecule has 7 heteroatoms. The number of nitrogens with one attached hydrogen (secondary N) is 2. The Kier molecular flexibility index (Phi) is 6.98. The summed E-state index contributed by atoms with van der Waals surface area (Å²) in [5, 5.41) is 23.3. The summed E-state index contributed by atoms with van der Waals surface area (Å²) in [6, 6.07) is -0.383. The van der Waals surface area contributed by atoms with Crippen molar-refractivity contribution < 1.29 is 19.8 Å². The van der Waals surface area contributed by atoms with Gasteiger partial charge in [0, 0.05) is 18.3 Å². The predicted octanol–water partition coefficient (Wildman–Crippen LogP) is 0.263. The fourth-order valence-electron chi connectivity index (χ4n) is 1.23. The molecule has 0 aromatic carbocycles. The van der Waals surface area contributed by atoms with E-state index >= 15 is 0 Å². The van der Waals surface area contributed by atoms with Crippen molar-refractivity contribution in [3.8, 4) is 0 Å². The van der Waals surface area contributed by atoms with Gasteiger partial charge in [0.25, 0.3) is 0 Å². The Morgan fingerprint density at radius 2 is 2.06 bits per heavy atom. The minimum Gasteiger partial charge on any atom is -0.481 e. The molecule has 0 fully saturated rings. The minimum atomic E-state index is -1.44. The van der Waals surface area contributed by atoms with Crippen molar-refractivity contribution in [2.24, 2.45) is 0 Å². The predicted molar refractivity (Wildman–Crippen MR) is 67.3 cm³/mol. The number of urea groups is 1. The first-order chi connectivity index (χ1) is 7.76. The lowest BCUT2D eigenvalue weighted by atomic mass is 10.0. The molecular formula is C10H20N2O4S. The summed E-state index contributed by atoms with van der Waals surface area (Å²) in [6.07, 6.45) is 1.53. The van der Waals surface area contributed by atoms with Gasteiger partial charge < -0.3 is 20.8 Å². The maximum absolute atomic E-state index is 11.4. The lowest BCUT2D eigenvalue weighted by Crippen LogP contribution is -2.48. The Balaban J connectivity index is 3.94. The third kappa shape index (κ3) is 8.82. The summed E-state index contributed by atoms with van der Waals surface area (Å²) in [6.45, 7) is 3.13. The molecule has 2 unspecified atom stereocenters. The standard InChI is InChI=1S/C10H20N2O4S/c1-7(5-17-3)12-9(15)11-6-10(2,16)4-8(13)14/h7,16H,4-6H2,1-3H3,(H,13,14)(H2,11,12,15). The fourth-order valence-corrected chi connectivity index (χ4v) is 1.81. The topological polar surface area (TPSA) is 98.7 Å². The normalized spacial score (nSPS) is 15.8. The summed E-state index contributed by atoms with van der Waals surface area (Å²) < 4.78 is 0. The third-order valence-corrected chi connectivity index (χ3v) is 2.79. The van der Waals surface area contributed by atoms with Crippen LogP contribution < -0.4 is 10.6 Å². The first-order valence-electron chi connectivity index (χ1n) is 5.24. The Labute approximate surface area is 105 Å². The lowest BCUT2D eigenvalue weighted by molar-refractivity contribution is -0.141. The molecule has 17 heavy (non-hydrogen) atoms. The number of hydrogen-bond donors (Lipinski definition) is 4. The lowest BCUT2D eigenvalue weighted by Gasteiger charge is -2.22. The van der Waals surface area contributed by atoms with Crippen molar-refractivity contribution >= 4 is 23.8 Å². The number of carbonyl (C=O) groups excluding carboxylic acids is 1. The summed E-state index contributed by atoms with van der Waals surface area (Å²) in [5.41, 5.74) is -1.44. The molecule has 0 bridgehead atoms. The molecular weight excluding hydrogens is 244 g/mol. The van der Waals surface area contributed by atoms with Gasteiger partial charge in [-0.25, -0.2) is 4.79 Å². The zero-order valence-electron chi connectivity index (χ0n) is 10.3. The Morgan fingerprint density at radius 3 is 2.53 bits per heavy atom. The van der Waals surface area contributed by atoms with Crippen LogP contribution in [0.25, 0.3) is 0 Å². The van der Waals surface area contributed by atoms with Gasteiger partial charge in [-0.3, -0.25) is 4.79 Å². The largest absolute Gasteiger partial charge is 0.481 e. The molecule has 100 valence electrons. The van der Waals surface area contributed by atoms with Crippen molar-refractivity contribution in [1.82, 2.24) is 10.6 Å². The van der Waals surface area contributed by atoms with Crippen LogP contribution in [0.15, 0.2) is 0 Å². The number of aliphatic carboxylic acids is 1. The third-order valence-electron chi connectivity index (χ3n) is 1.96. The molecule has 0 saturated carbocycles. The van der Waals surface area contributed by atoms with Crippen LogP contribution in [-0.2, 0) is 4.79 Å². The fraction of sp³-hybridized carbons (Fsp3) is 0.800. The summed E-state index contributed by atoms with van der Waals surface area (Å²) in [4.78, 5) is 21.8. The van der Waals surface area contributed by atoms with Gasteiger partial charge in [0.1, 0.15) is 0 Å². The first kappa shape index (κ1) is 16.1. The molecule has 2 atom stereocenters. The number of carboxylic acids is 1. The van der Waals surface area contributed by atoms with Gasteiger partial charge in [-0.1, -0.05) is 0 Å². The highest BCUT2D eigenvalue weighted by Gasteiger charge is 2.24. The maximum atomic E-state index is 11.4. The van der Waals surface area contributed by atoms with E-state index in [0.717, 1.165) is 5.75 Å². The zero-order valence-corrected chi connectivity index (χ0v) is 11.1. The van der Waals surface area contributed by atoms with E-state index in [9.17, 15) is 14.7 Å². The maximum Gasteiger partial charge on any atom is 0.315 e. The molecule has 0 aromatic heterocycles. The van der Waals surface area contributed by atoms with Crippen LogP contribution in [0, 0.1) is 0 Å². The number of hydrogen-bond acceptors (Lipinski definition) is 4. The van der Waals surface area contributed by atoms with E-state index in [1.807, 2.05) is 13.2 Å². The molecule has 6 nitrogen and oxygen atoms in total. The summed E-state index contributed by atoms with van der Waals surface area (Å²) >= 11 is 1.61. The second kappa shape index (κ2) is 7.39. The van der Waals surface area contributed by atoms with E-state index in [4.69, 9.17) is 5.11 Å². The van der Waals surface area contributed by atoms with Crippen LogP contribution in [0.4, 0.5) is 4.79 Å². The van der Waals surface area contributed by atoms with Crippen LogP contribution in [0.2, 0.25) is 0 Å². The highest BCUT2D eigenvalue weighted by Crippen LogP contribution is 2.07. The van der Waals surface area contributed by atoms with E-state index in [1.165, 1.54) is 6.92 Å². The van der Waals surface area contributed by atoms with Gasteiger partial charge in [0.05, 0.1) is 12.0 Å². The number of thioether (sulfide) groups is 1. The molecule has 0 aliphatic carbocycles. The monoisotopic (exact) mass is 264 g/mol. The Hall–Kier alpha value is -0.950. The van der Waals surface area contributed by atoms with Crippen LogP contribution in [0.5, 0.6) is 0 Å². The van der Waals surface area contributed by atoms with Crippen molar-refractivity contribution in [3.63, 3.8) is 0 Å². The zero-order chi connectivity index (χ0) is 13.5. The van der Waals surface area contributed by atoms with Crippen LogP contribution in [0.3, 0.4) is 0 Å². The average Bonchev–Trinajstić information content (AvgIpc) is 2.13. The van der Waals surface area contributed by atoms with E-state index in [2.05, 4.69) is 10.6 Å². The average molecular weight is 264 g/mol. The second-order valence-electron chi connectivity index (χ2n) is 4.25. The Morgan fingerprint density at radius 1 is 1.47 bits per heavy atom. The van der Waals surface area contributed by atoms with Crippen molar-refractivity contribution in [1.29, 1.82) is 0 Å². The molecule has 0 aliphatic heterocycles. The number of carboxylic acid groups (broad SMARTS) is 1. The van der Waals surface area contributed by atoms with Crippen molar-refractivity contribution in [2.45, 2.75) is 31.9 Å². The molecule has 0 spiro atoms. The van der Waals surface area contributed by atoms with Crippen LogP contribution in [0.1, 0.15) is 20.3 Å². The number of carbonyl (C=O) groups is 2. The molecule has 0 aromatic rings. The molecule has 0 saturated heterocycles. The molecule has 0 rings (SSSR count). The number of rotatable bonds is 7. The van der Waals surface area contributed by atoms with Gasteiger partial charge in [-0.2, -0.15) is 11.8 Å². The molecule has 2 amide bonds. The molecule has 4 N–H and O–H groups in total. The van der Waals surface area contributed by atoms with E-state index in [-0.39, 0.29) is 12.6 Å². The van der Waals surface area contributed by atoms with Gasteiger partial charge in [-0.05, 0) is 20.1 Å². The molecule has 0 heterocycles. The highest BCUT2D eigenvalue weighted by atomic mass is 32.2. The van der Waals surface area contributed by atoms with Gasteiger partial charge in [0.2, 0.25) is 0 Å². The van der Waals surface area contributed by atoms with Crippen LogP contribution >= 0.6 is 11.8 Å². The summed E-state index contributed by atoms with van der Waals surface area (Å²) in [7, 11) is 0. The second-order valence-corrected chi connectivity index (χ2v) is 5.16. The smallest absolute Gasteiger partial charge is 0.315 e. The SMILES string of the molecule is CSCC(C)NC(=O)NCC(C)(O)CC(=O)O. The number of aliphatic hydroxyl groups is 1. The van der Waals surface area contributed by atoms with E-state index in [1.54, 1.807) is 11.8 Å². The first-order valence-corrected chi connectivity index (χ1v) is 6.63. The van der Waals surface area contributed by atoms with Gasteiger partial charge in [-0.15, -0.1) is 0 Å². The molecule has 0 radical (unpaired) electrons.